The van der Waals surface area contributed by atoms with Gasteiger partial charge in [-0.15, -0.1) is 0 Å². The minimum absolute atomic E-state index is 0.0254. The predicted octanol–water partition coefficient (Wildman–Crippen LogP) is 3.57. The first-order chi connectivity index (χ1) is 12.6. The van der Waals surface area contributed by atoms with Gasteiger partial charge in [0.05, 0.1) is 30.2 Å². The fraction of sp³-hybridized carbons (Fsp3) is 0.700. The molecule has 0 amide bonds. The topological polar surface area (TPSA) is 114 Å². The van der Waals surface area contributed by atoms with Crippen molar-refractivity contribution in [3.63, 3.8) is 0 Å². The summed E-state index contributed by atoms with van der Waals surface area (Å²) < 4.78 is 12.4. The Bertz CT molecular complexity index is 771. The van der Waals surface area contributed by atoms with E-state index in [0.717, 1.165) is 32.1 Å². The van der Waals surface area contributed by atoms with Crippen molar-refractivity contribution in [2.45, 2.75) is 63.3 Å². The summed E-state index contributed by atoms with van der Waals surface area (Å²) in [6.45, 7) is 0. The van der Waals surface area contributed by atoms with Gasteiger partial charge in [0, 0.05) is 6.42 Å². The highest BCUT2D eigenvalue weighted by atomic mass is 16.7. The lowest BCUT2D eigenvalue weighted by Gasteiger charge is -2.51. The predicted molar refractivity (Wildman–Crippen MR) is 91.2 cm³/mol. The standard InChI is InChI=1S/C20H22N4O2/c21-11-18(12-22)16(14-7-3-1-4-8-14)25-20-10-6-2-5-9-15(20)19(18,13-23)17(24)26-20/h1,3,14-16,24H,2,4-10H2. The van der Waals surface area contributed by atoms with E-state index in [-0.39, 0.29) is 11.8 Å². The van der Waals surface area contributed by atoms with E-state index >= 15 is 0 Å². The van der Waals surface area contributed by atoms with E-state index < -0.39 is 28.6 Å². The van der Waals surface area contributed by atoms with Crippen molar-refractivity contribution < 1.29 is 9.47 Å². The largest absolute Gasteiger partial charge is 0.447 e. The van der Waals surface area contributed by atoms with E-state index in [1.165, 1.54) is 0 Å². The number of nitrogens with one attached hydrogen (secondary N) is 1. The molecular weight excluding hydrogens is 328 g/mol. The summed E-state index contributed by atoms with van der Waals surface area (Å²) in [5.74, 6) is -1.75. The fourth-order valence-electron chi connectivity index (χ4n) is 5.60. The molecule has 4 aliphatic rings. The maximum Gasteiger partial charge on any atom is 0.217 e. The van der Waals surface area contributed by atoms with Gasteiger partial charge in [0.1, 0.15) is 0 Å². The van der Waals surface area contributed by atoms with Crippen molar-refractivity contribution in [1.82, 2.24) is 0 Å². The van der Waals surface area contributed by atoms with Gasteiger partial charge in [-0.2, -0.15) is 15.8 Å². The lowest BCUT2D eigenvalue weighted by atomic mass is 9.51. The van der Waals surface area contributed by atoms with Crippen LogP contribution < -0.4 is 0 Å². The highest BCUT2D eigenvalue weighted by molar-refractivity contribution is 5.89. The fourth-order valence-corrected chi connectivity index (χ4v) is 5.60. The second-order valence-electron chi connectivity index (χ2n) is 7.93. The van der Waals surface area contributed by atoms with Crippen LogP contribution in [0.5, 0.6) is 0 Å². The summed E-state index contributed by atoms with van der Waals surface area (Å²) in [6.07, 6.45) is 9.85. The van der Waals surface area contributed by atoms with Crippen LogP contribution in [0.3, 0.4) is 0 Å². The zero-order valence-corrected chi connectivity index (χ0v) is 14.7. The highest BCUT2D eigenvalue weighted by Crippen LogP contribution is 2.67. The van der Waals surface area contributed by atoms with Crippen molar-refractivity contribution in [1.29, 1.82) is 21.2 Å². The number of nitriles is 3. The molecule has 26 heavy (non-hydrogen) atoms. The maximum atomic E-state index is 10.2. The van der Waals surface area contributed by atoms with Crippen molar-refractivity contribution in [3.05, 3.63) is 12.2 Å². The molecule has 0 radical (unpaired) electrons. The van der Waals surface area contributed by atoms with Crippen LogP contribution in [0.1, 0.15) is 51.4 Å². The van der Waals surface area contributed by atoms with Crippen LogP contribution in [0.2, 0.25) is 0 Å². The van der Waals surface area contributed by atoms with Crippen LogP contribution in [0.4, 0.5) is 0 Å². The highest BCUT2D eigenvalue weighted by Gasteiger charge is 2.80. The summed E-state index contributed by atoms with van der Waals surface area (Å²) in [6, 6.07) is 6.57. The Hall–Kier alpha value is -2.36. The van der Waals surface area contributed by atoms with Crippen molar-refractivity contribution in [2.75, 3.05) is 0 Å². The molecular formula is C20H22N4O2. The molecule has 2 bridgehead atoms. The van der Waals surface area contributed by atoms with E-state index in [4.69, 9.17) is 14.9 Å². The Morgan fingerprint density at radius 3 is 2.50 bits per heavy atom. The molecule has 2 heterocycles. The number of hydrogen-bond donors (Lipinski definition) is 1. The van der Waals surface area contributed by atoms with E-state index in [2.05, 4.69) is 30.4 Å². The summed E-state index contributed by atoms with van der Waals surface area (Å²) in [7, 11) is 0. The smallest absolute Gasteiger partial charge is 0.217 e. The van der Waals surface area contributed by atoms with E-state index in [9.17, 15) is 15.8 Å². The number of allylic oxidation sites excluding steroid dienone is 2. The molecule has 5 unspecified atom stereocenters. The van der Waals surface area contributed by atoms with Gasteiger partial charge in [0.25, 0.3) is 0 Å². The van der Waals surface area contributed by atoms with Crippen molar-refractivity contribution in [2.24, 2.45) is 22.7 Å². The van der Waals surface area contributed by atoms with Gasteiger partial charge >= 0.3 is 0 Å². The SMILES string of the molecule is N#CC1(C#N)C(C2CC=CCC2)OC23CCCCCC2C1(C#N)C(=N)O3. The first-order valence-electron chi connectivity index (χ1n) is 9.45. The third kappa shape index (κ3) is 1.85. The Morgan fingerprint density at radius 1 is 1.04 bits per heavy atom. The molecule has 4 rings (SSSR count). The molecule has 134 valence electrons. The quantitative estimate of drug-likeness (QED) is 0.726. The molecule has 6 heteroatoms. The molecule has 2 saturated heterocycles. The lowest BCUT2D eigenvalue weighted by molar-refractivity contribution is -0.292. The average Bonchev–Trinajstić information content (AvgIpc) is 2.81. The summed E-state index contributed by atoms with van der Waals surface area (Å²) in [5.41, 5.74) is -3.27. The van der Waals surface area contributed by atoms with Crippen LogP contribution in [0.25, 0.3) is 0 Å². The van der Waals surface area contributed by atoms with Crippen molar-refractivity contribution >= 4 is 5.90 Å². The first-order valence-corrected chi connectivity index (χ1v) is 9.45. The van der Waals surface area contributed by atoms with E-state index in [1.807, 2.05) is 0 Å². The minimum Gasteiger partial charge on any atom is -0.447 e. The molecule has 6 nitrogen and oxygen atoms in total. The maximum absolute atomic E-state index is 10.2. The second-order valence-corrected chi connectivity index (χ2v) is 7.93. The van der Waals surface area contributed by atoms with Crippen LogP contribution in [-0.2, 0) is 9.47 Å². The third-order valence-corrected chi connectivity index (χ3v) is 6.85. The molecule has 2 aliphatic carbocycles. The molecule has 0 aromatic carbocycles. The summed E-state index contributed by atoms with van der Waals surface area (Å²) >= 11 is 0. The van der Waals surface area contributed by atoms with Crippen LogP contribution in [0.15, 0.2) is 12.2 Å². The molecule has 3 fully saturated rings. The van der Waals surface area contributed by atoms with Crippen LogP contribution in [-0.4, -0.2) is 17.8 Å². The average molecular weight is 350 g/mol. The Balaban J connectivity index is 1.93. The van der Waals surface area contributed by atoms with Crippen LogP contribution >= 0.6 is 0 Å². The Labute approximate surface area is 153 Å². The number of nitrogens with zero attached hydrogens (tertiary/aromatic N) is 3. The van der Waals surface area contributed by atoms with Gasteiger partial charge in [0.15, 0.2) is 10.8 Å². The van der Waals surface area contributed by atoms with Crippen LogP contribution in [0, 0.1) is 62.1 Å². The number of rotatable bonds is 1. The summed E-state index contributed by atoms with van der Waals surface area (Å²) in [5, 5.41) is 39.1. The molecule has 0 aromatic rings. The summed E-state index contributed by atoms with van der Waals surface area (Å²) in [4.78, 5) is 0. The third-order valence-electron chi connectivity index (χ3n) is 6.85. The Morgan fingerprint density at radius 2 is 1.85 bits per heavy atom. The molecule has 2 aliphatic heterocycles. The van der Waals surface area contributed by atoms with Gasteiger partial charge < -0.3 is 9.47 Å². The minimum atomic E-state index is -1.72. The molecule has 0 aromatic heterocycles. The molecule has 5 atom stereocenters. The zero-order chi connectivity index (χ0) is 18.4. The molecule has 0 spiro atoms. The van der Waals surface area contributed by atoms with Gasteiger partial charge in [0.2, 0.25) is 11.7 Å². The van der Waals surface area contributed by atoms with E-state index in [0.29, 0.717) is 19.3 Å². The van der Waals surface area contributed by atoms with Gasteiger partial charge in [-0.25, -0.2) is 0 Å². The van der Waals surface area contributed by atoms with Gasteiger partial charge in [-0.1, -0.05) is 25.0 Å². The van der Waals surface area contributed by atoms with Gasteiger partial charge in [-0.05, 0) is 38.0 Å². The Kier molecular flexibility index (Phi) is 3.83. The molecule has 1 N–H and O–H groups in total. The first kappa shape index (κ1) is 17.1. The number of hydrogen-bond acceptors (Lipinski definition) is 6. The van der Waals surface area contributed by atoms with Crippen molar-refractivity contribution in [3.8, 4) is 18.2 Å². The monoisotopic (exact) mass is 350 g/mol. The number of ether oxygens (including phenoxy) is 2. The zero-order valence-electron chi connectivity index (χ0n) is 14.7. The lowest BCUT2D eigenvalue weighted by Crippen LogP contribution is -2.64. The second kappa shape index (κ2) is 5.83. The molecule has 1 saturated carbocycles. The van der Waals surface area contributed by atoms with Gasteiger partial charge in [-0.3, -0.25) is 5.41 Å². The normalized spacial score (nSPS) is 43.1. The van der Waals surface area contributed by atoms with E-state index in [1.54, 1.807) is 0 Å².